The number of amides is 1. The van der Waals surface area contributed by atoms with E-state index in [9.17, 15) is 4.79 Å². The molecule has 4 heteroatoms. The van der Waals surface area contributed by atoms with Crippen molar-refractivity contribution in [2.45, 2.75) is 45.1 Å². The van der Waals surface area contributed by atoms with Crippen LogP contribution in [0.4, 0.5) is 5.69 Å². The third-order valence-electron chi connectivity index (χ3n) is 4.04. The van der Waals surface area contributed by atoms with Crippen LogP contribution in [0, 0.1) is 5.92 Å². The van der Waals surface area contributed by atoms with Crippen LogP contribution in [0.3, 0.4) is 0 Å². The second kappa shape index (κ2) is 6.55. The van der Waals surface area contributed by atoms with Crippen molar-refractivity contribution in [1.82, 2.24) is 10.3 Å². The normalized spacial score (nSPS) is 22.8. The summed E-state index contributed by atoms with van der Waals surface area (Å²) in [7, 11) is 1.84. The number of pyridine rings is 1. The molecule has 0 bridgehead atoms. The van der Waals surface area contributed by atoms with Crippen molar-refractivity contribution in [3.8, 4) is 0 Å². The number of carbonyl (C=O) groups excluding carboxylic acids is 1. The minimum atomic E-state index is -0.0583. The molecular weight excluding hydrogens is 238 g/mol. The Bertz CT molecular complexity index is 425. The molecule has 104 valence electrons. The Morgan fingerprint density at radius 3 is 2.74 bits per heavy atom. The molecule has 2 rings (SSSR count). The fourth-order valence-electron chi connectivity index (χ4n) is 2.68. The molecule has 1 fully saturated rings. The number of nitrogens with zero attached hydrogens (tertiary/aromatic N) is 1. The van der Waals surface area contributed by atoms with Gasteiger partial charge in [-0.25, -0.2) is 0 Å². The molecule has 1 aromatic heterocycles. The van der Waals surface area contributed by atoms with Gasteiger partial charge in [0.25, 0.3) is 5.91 Å². The van der Waals surface area contributed by atoms with Crippen molar-refractivity contribution in [3.63, 3.8) is 0 Å². The Kier molecular flexibility index (Phi) is 4.77. The van der Waals surface area contributed by atoms with Gasteiger partial charge >= 0.3 is 0 Å². The molecular formula is C15H23N3O. The first-order valence-electron chi connectivity index (χ1n) is 7.17. The van der Waals surface area contributed by atoms with Crippen LogP contribution in [0.15, 0.2) is 18.3 Å². The fraction of sp³-hybridized carbons (Fsp3) is 0.600. The van der Waals surface area contributed by atoms with Gasteiger partial charge in [-0.05, 0) is 43.7 Å². The zero-order chi connectivity index (χ0) is 13.7. The molecule has 0 aromatic carbocycles. The minimum Gasteiger partial charge on any atom is -0.388 e. The molecule has 0 saturated heterocycles. The van der Waals surface area contributed by atoms with Gasteiger partial charge in [-0.1, -0.05) is 13.3 Å². The first-order valence-corrected chi connectivity index (χ1v) is 7.17. The predicted molar refractivity (Wildman–Crippen MR) is 77.3 cm³/mol. The van der Waals surface area contributed by atoms with Gasteiger partial charge in [-0.15, -0.1) is 0 Å². The third kappa shape index (κ3) is 3.69. The van der Waals surface area contributed by atoms with Crippen LogP contribution in [0.2, 0.25) is 0 Å². The average molecular weight is 261 g/mol. The van der Waals surface area contributed by atoms with Gasteiger partial charge in [0.1, 0.15) is 5.69 Å². The van der Waals surface area contributed by atoms with E-state index in [0.29, 0.717) is 11.7 Å². The standard InChI is InChI=1S/C15H23N3O/c1-3-11-4-6-12(7-5-11)18-15(19)14-10-13(16-2)8-9-17-14/h8-12H,3-7H2,1-2H3,(H,16,17)(H,18,19). The molecule has 1 aliphatic rings. The molecule has 0 atom stereocenters. The molecule has 0 unspecified atom stereocenters. The van der Waals surface area contributed by atoms with Gasteiger partial charge in [0.05, 0.1) is 0 Å². The van der Waals surface area contributed by atoms with Crippen LogP contribution in [-0.2, 0) is 0 Å². The summed E-state index contributed by atoms with van der Waals surface area (Å²) >= 11 is 0. The molecule has 2 N–H and O–H groups in total. The highest BCUT2D eigenvalue weighted by molar-refractivity contribution is 5.93. The summed E-state index contributed by atoms with van der Waals surface area (Å²) in [5.41, 5.74) is 1.40. The van der Waals surface area contributed by atoms with Gasteiger partial charge in [0.15, 0.2) is 0 Å². The van der Waals surface area contributed by atoms with E-state index in [-0.39, 0.29) is 5.91 Å². The van der Waals surface area contributed by atoms with Crippen LogP contribution in [0.5, 0.6) is 0 Å². The predicted octanol–water partition coefficient (Wildman–Crippen LogP) is 2.82. The summed E-state index contributed by atoms with van der Waals surface area (Å²) in [6.07, 6.45) is 7.56. The monoisotopic (exact) mass is 261 g/mol. The van der Waals surface area contributed by atoms with Crippen LogP contribution in [-0.4, -0.2) is 24.0 Å². The van der Waals surface area contributed by atoms with E-state index in [1.165, 1.54) is 19.3 Å². The second-order valence-corrected chi connectivity index (χ2v) is 5.28. The Morgan fingerprint density at radius 1 is 1.37 bits per heavy atom. The zero-order valence-electron chi connectivity index (χ0n) is 11.8. The Morgan fingerprint density at radius 2 is 2.11 bits per heavy atom. The van der Waals surface area contributed by atoms with E-state index >= 15 is 0 Å². The van der Waals surface area contributed by atoms with Crippen molar-refractivity contribution in [2.75, 3.05) is 12.4 Å². The van der Waals surface area contributed by atoms with Crippen molar-refractivity contribution in [1.29, 1.82) is 0 Å². The second-order valence-electron chi connectivity index (χ2n) is 5.28. The van der Waals surface area contributed by atoms with Crippen LogP contribution in [0.25, 0.3) is 0 Å². The molecule has 1 amide bonds. The molecule has 0 aliphatic heterocycles. The van der Waals surface area contributed by atoms with E-state index < -0.39 is 0 Å². The van der Waals surface area contributed by atoms with Gasteiger partial charge < -0.3 is 10.6 Å². The molecule has 0 spiro atoms. The number of hydrogen-bond acceptors (Lipinski definition) is 3. The maximum absolute atomic E-state index is 12.1. The number of nitrogens with one attached hydrogen (secondary N) is 2. The summed E-state index contributed by atoms with van der Waals surface area (Å²) < 4.78 is 0. The number of carbonyl (C=O) groups is 1. The lowest BCUT2D eigenvalue weighted by Gasteiger charge is -2.28. The number of anilines is 1. The lowest BCUT2D eigenvalue weighted by molar-refractivity contribution is 0.0916. The molecule has 4 nitrogen and oxygen atoms in total. The van der Waals surface area contributed by atoms with Crippen molar-refractivity contribution in [2.24, 2.45) is 5.92 Å². The molecule has 1 heterocycles. The highest BCUT2D eigenvalue weighted by Gasteiger charge is 2.22. The minimum absolute atomic E-state index is 0.0583. The maximum atomic E-state index is 12.1. The summed E-state index contributed by atoms with van der Waals surface area (Å²) in [6, 6.07) is 3.95. The van der Waals surface area contributed by atoms with Gasteiger partial charge in [0, 0.05) is 25.0 Å². The fourth-order valence-corrected chi connectivity index (χ4v) is 2.68. The summed E-state index contributed by atoms with van der Waals surface area (Å²) in [6.45, 7) is 2.25. The van der Waals surface area contributed by atoms with E-state index in [4.69, 9.17) is 0 Å². The topological polar surface area (TPSA) is 54.0 Å². The molecule has 1 saturated carbocycles. The van der Waals surface area contributed by atoms with Crippen molar-refractivity contribution in [3.05, 3.63) is 24.0 Å². The number of aromatic nitrogens is 1. The lowest BCUT2D eigenvalue weighted by Crippen LogP contribution is -2.37. The van der Waals surface area contributed by atoms with E-state index in [2.05, 4.69) is 22.5 Å². The highest BCUT2D eigenvalue weighted by atomic mass is 16.1. The van der Waals surface area contributed by atoms with Crippen LogP contribution >= 0.6 is 0 Å². The summed E-state index contributed by atoms with van der Waals surface area (Å²) in [5.74, 6) is 0.788. The number of rotatable bonds is 4. The Hall–Kier alpha value is -1.58. The summed E-state index contributed by atoms with van der Waals surface area (Å²) in [5, 5.41) is 6.12. The van der Waals surface area contributed by atoms with Gasteiger partial charge in [0.2, 0.25) is 0 Å². The third-order valence-corrected chi connectivity index (χ3v) is 4.04. The van der Waals surface area contributed by atoms with Gasteiger partial charge in [-0.2, -0.15) is 0 Å². The van der Waals surface area contributed by atoms with Crippen molar-refractivity contribution >= 4 is 11.6 Å². The summed E-state index contributed by atoms with van der Waals surface area (Å²) in [4.78, 5) is 16.3. The molecule has 1 aromatic rings. The first-order chi connectivity index (χ1) is 9.22. The smallest absolute Gasteiger partial charge is 0.270 e. The zero-order valence-corrected chi connectivity index (χ0v) is 11.8. The maximum Gasteiger partial charge on any atom is 0.270 e. The SMILES string of the molecule is CCC1CCC(NC(=O)c2cc(NC)ccn2)CC1. The first kappa shape index (κ1) is 13.8. The quantitative estimate of drug-likeness (QED) is 0.876. The Balaban J connectivity index is 1.90. The van der Waals surface area contributed by atoms with Crippen LogP contribution < -0.4 is 10.6 Å². The molecule has 1 aliphatic carbocycles. The highest BCUT2D eigenvalue weighted by Crippen LogP contribution is 2.26. The average Bonchev–Trinajstić information content (AvgIpc) is 2.48. The molecule has 0 radical (unpaired) electrons. The lowest BCUT2D eigenvalue weighted by atomic mass is 9.84. The largest absolute Gasteiger partial charge is 0.388 e. The van der Waals surface area contributed by atoms with Crippen LogP contribution in [0.1, 0.15) is 49.5 Å². The van der Waals surface area contributed by atoms with E-state index in [1.54, 1.807) is 12.3 Å². The Labute approximate surface area is 115 Å². The van der Waals surface area contributed by atoms with E-state index in [0.717, 1.165) is 24.4 Å². The van der Waals surface area contributed by atoms with E-state index in [1.807, 2.05) is 13.1 Å². The van der Waals surface area contributed by atoms with Crippen molar-refractivity contribution < 1.29 is 4.79 Å². The van der Waals surface area contributed by atoms with Gasteiger partial charge in [-0.3, -0.25) is 9.78 Å². The number of hydrogen-bond donors (Lipinski definition) is 2. The molecule has 19 heavy (non-hydrogen) atoms.